The normalized spacial score (nSPS) is 23.0. The smallest absolute Gasteiger partial charge is 0.0464 e. The minimum absolute atomic E-state index is 0.0516. The van der Waals surface area contributed by atoms with E-state index in [0.717, 1.165) is 19.3 Å². The number of allylic oxidation sites excluding steroid dienone is 10. The van der Waals surface area contributed by atoms with Crippen LogP contribution >= 0.6 is 0 Å². The lowest BCUT2D eigenvalue weighted by atomic mass is 9.61. The third-order valence-electron chi connectivity index (χ3n) is 12.8. The van der Waals surface area contributed by atoms with Crippen LogP contribution < -0.4 is 4.90 Å². The highest BCUT2D eigenvalue weighted by Crippen LogP contribution is 2.53. The van der Waals surface area contributed by atoms with Crippen LogP contribution in [0.15, 0.2) is 132 Å². The summed E-state index contributed by atoms with van der Waals surface area (Å²) in [7, 11) is 0. The third-order valence-corrected chi connectivity index (χ3v) is 12.8. The van der Waals surface area contributed by atoms with E-state index in [2.05, 4.69) is 162 Å². The highest BCUT2D eigenvalue weighted by Gasteiger charge is 2.41. The predicted molar refractivity (Wildman–Crippen MR) is 237 cm³/mol. The van der Waals surface area contributed by atoms with E-state index in [1.54, 1.807) is 11.1 Å². The average molecular weight is 718 g/mol. The van der Waals surface area contributed by atoms with Gasteiger partial charge in [0.25, 0.3) is 0 Å². The van der Waals surface area contributed by atoms with Crippen LogP contribution in [-0.4, -0.2) is 0 Å². The molecule has 284 valence electrons. The molecular formula is C53H67N. The van der Waals surface area contributed by atoms with Crippen molar-refractivity contribution in [1.29, 1.82) is 0 Å². The van der Waals surface area contributed by atoms with Gasteiger partial charge in [0.1, 0.15) is 0 Å². The Balaban J connectivity index is 1.59. The molecule has 0 saturated carbocycles. The van der Waals surface area contributed by atoms with Crippen LogP contribution in [0.1, 0.15) is 159 Å². The van der Waals surface area contributed by atoms with Gasteiger partial charge in [-0.2, -0.15) is 0 Å². The quantitative estimate of drug-likeness (QED) is 0.133. The number of fused-ring (bicyclic) bond motifs is 5. The van der Waals surface area contributed by atoms with Crippen molar-refractivity contribution in [1.82, 2.24) is 0 Å². The number of benzene rings is 3. The SMILES string of the molecule is C\C=C1/C=C\C(N(C2=CC=C3CC(=C2)C(CCC)(CCCC)c2ccccc23)c2cccc(CC)c2)=C/CC(CCCC)(CCCCC)c2ccccc21. The van der Waals surface area contributed by atoms with Crippen molar-refractivity contribution in [3.8, 4) is 0 Å². The first-order valence-corrected chi connectivity index (χ1v) is 21.7. The zero-order valence-electron chi connectivity index (χ0n) is 34.5. The van der Waals surface area contributed by atoms with Crippen LogP contribution in [0.3, 0.4) is 0 Å². The van der Waals surface area contributed by atoms with Crippen molar-refractivity contribution in [3.63, 3.8) is 0 Å². The fourth-order valence-electron chi connectivity index (χ4n) is 9.88. The second-order valence-corrected chi connectivity index (χ2v) is 16.3. The van der Waals surface area contributed by atoms with E-state index in [0.29, 0.717) is 0 Å². The molecule has 0 amide bonds. The lowest BCUT2D eigenvalue weighted by Gasteiger charge is -2.43. The van der Waals surface area contributed by atoms with Crippen LogP contribution in [0.25, 0.3) is 11.1 Å². The van der Waals surface area contributed by atoms with Gasteiger partial charge in [-0.25, -0.2) is 0 Å². The average Bonchev–Trinajstić information content (AvgIpc) is 3.38. The van der Waals surface area contributed by atoms with Crippen molar-refractivity contribution in [2.45, 2.75) is 149 Å². The summed E-state index contributed by atoms with van der Waals surface area (Å²) < 4.78 is 0. The largest absolute Gasteiger partial charge is 0.311 e. The van der Waals surface area contributed by atoms with Crippen LogP contribution in [0.2, 0.25) is 0 Å². The summed E-state index contributed by atoms with van der Waals surface area (Å²) in [5.41, 5.74) is 15.6. The lowest BCUT2D eigenvalue weighted by molar-refractivity contribution is 0.340. The Morgan fingerprint density at radius 2 is 1.37 bits per heavy atom. The van der Waals surface area contributed by atoms with Crippen molar-refractivity contribution < 1.29 is 0 Å². The molecule has 0 heterocycles. The summed E-state index contributed by atoms with van der Waals surface area (Å²) in [5.74, 6) is 0. The number of anilines is 1. The Hall–Kier alpha value is -4.10. The number of rotatable bonds is 16. The maximum Gasteiger partial charge on any atom is 0.0464 e. The molecule has 3 aliphatic rings. The van der Waals surface area contributed by atoms with Crippen molar-refractivity contribution in [2.24, 2.45) is 0 Å². The molecule has 0 radical (unpaired) electrons. The molecule has 3 aliphatic carbocycles. The Bertz CT molecular complexity index is 1930. The third kappa shape index (κ3) is 8.12. The number of aryl methyl sites for hydroxylation is 1. The monoisotopic (exact) mass is 718 g/mol. The topological polar surface area (TPSA) is 3.24 Å². The van der Waals surface area contributed by atoms with Gasteiger partial charge in [-0.1, -0.05) is 177 Å². The van der Waals surface area contributed by atoms with Crippen molar-refractivity contribution in [3.05, 3.63) is 160 Å². The molecule has 3 aromatic carbocycles. The maximum absolute atomic E-state index is 2.63. The summed E-state index contributed by atoms with van der Waals surface area (Å²) in [5, 5.41) is 0. The standard InChI is InChI=1S/C53H67N/c1-7-13-20-35-52(34-14-8-2)37-32-45(30-28-42(12-6)48-24-16-18-26-50(48)52)54(46-23-21-22-41(11-5)38-46)47-31-29-43-39-44(40-47)53(33-10-4,36-15-9-3)51-27-19-17-25-49(43)51/h12,16-19,21-32,38,40H,7-11,13-15,20,33-37,39H2,1-6H3/b30-28-,42-12+,45-32+. The number of hydrogen-bond donors (Lipinski definition) is 0. The van der Waals surface area contributed by atoms with E-state index >= 15 is 0 Å². The van der Waals surface area contributed by atoms with Gasteiger partial charge in [0.2, 0.25) is 0 Å². The fraction of sp³-hybridized carbons (Fsp3) is 0.434. The molecule has 3 aromatic rings. The first kappa shape index (κ1) is 39.6. The van der Waals surface area contributed by atoms with Gasteiger partial charge in [0.15, 0.2) is 0 Å². The van der Waals surface area contributed by atoms with Crippen LogP contribution in [-0.2, 0) is 17.3 Å². The van der Waals surface area contributed by atoms with E-state index < -0.39 is 0 Å². The molecule has 1 nitrogen and oxygen atoms in total. The fourth-order valence-corrected chi connectivity index (χ4v) is 9.88. The van der Waals surface area contributed by atoms with Crippen LogP contribution in [0.4, 0.5) is 5.69 Å². The van der Waals surface area contributed by atoms with Gasteiger partial charge in [-0.15, -0.1) is 0 Å². The van der Waals surface area contributed by atoms with E-state index in [-0.39, 0.29) is 10.8 Å². The highest BCUT2D eigenvalue weighted by molar-refractivity contribution is 5.81. The van der Waals surface area contributed by atoms with Crippen LogP contribution in [0, 0.1) is 0 Å². The van der Waals surface area contributed by atoms with Gasteiger partial charge in [0.05, 0.1) is 0 Å². The maximum atomic E-state index is 2.63. The Kier molecular flexibility index (Phi) is 13.6. The molecule has 1 heteroatoms. The molecular weight excluding hydrogens is 651 g/mol. The number of unbranched alkanes of at least 4 members (excludes halogenated alkanes) is 4. The molecule has 0 N–H and O–H groups in total. The Labute approximate surface area is 329 Å². The molecule has 0 saturated heterocycles. The molecule has 0 aliphatic heterocycles. The molecule has 0 fully saturated rings. The van der Waals surface area contributed by atoms with Gasteiger partial charge < -0.3 is 4.90 Å². The molecule has 6 rings (SSSR count). The highest BCUT2D eigenvalue weighted by atomic mass is 15.2. The van der Waals surface area contributed by atoms with E-state index in [1.165, 1.54) is 128 Å². The molecule has 54 heavy (non-hydrogen) atoms. The van der Waals surface area contributed by atoms with E-state index in [4.69, 9.17) is 0 Å². The molecule has 0 spiro atoms. The molecule has 2 atom stereocenters. The van der Waals surface area contributed by atoms with Crippen molar-refractivity contribution in [2.75, 3.05) is 4.90 Å². The van der Waals surface area contributed by atoms with E-state index in [9.17, 15) is 0 Å². The zero-order chi connectivity index (χ0) is 38.0. The summed E-state index contributed by atoms with van der Waals surface area (Å²) in [6, 6.07) is 28.1. The predicted octanol–water partition coefficient (Wildman–Crippen LogP) is 15.6. The number of nitrogens with zero attached hydrogens (tertiary/aromatic N) is 1. The first-order valence-electron chi connectivity index (χ1n) is 21.7. The summed E-state index contributed by atoms with van der Waals surface area (Å²) in [6.45, 7) is 13.9. The van der Waals surface area contributed by atoms with Gasteiger partial charge in [0, 0.05) is 22.5 Å². The Morgan fingerprint density at radius 3 is 2.11 bits per heavy atom. The minimum Gasteiger partial charge on any atom is -0.311 e. The second-order valence-electron chi connectivity index (χ2n) is 16.3. The lowest BCUT2D eigenvalue weighted by Crippen LogP contribution is -2.33. The van der Waals surface area contributed by atoms with Crippen LogP contribution in [0.5, 0.6) is 0 Å². The summed E-state index contributed by atoms with van der Waals surface area (Å²) in [6.07, 6.45) is 35.1. The van der Waals surface area contributed by atoms with Gasteiger partial charge >= 0.3 is 0 Å². The minimum atomic E-state index is 0.0516. The van der Waals surface area contributed by atoms with Gasteiger partial charge in [-0.3, -0.25) is 0 Å². The Morgan fingerprint density at radius 1 is 0.648 bits per heavy atom. The number of hydrogen-bond acceptors (Lipinski definition) is 1. The zero-order valence-corrected chi connectivity index (χ0v) is 34.5. The van der Waals surface area contributed by atoms with E-state index in [1.807, 2.05) is 0 Å². The first-order chi connectivity index (χ1) is 26.5. The summed E-state index contributed by atoms with van der Waals surface area (Å²) in [4.78, 5) is 2.61. The van der Waals surface area contributed by atoms with Gasteiger partial charge in [-0.05, 0) is 127 Å². The molecule has 0 aromatic heterocycles. The van der Waals surface area contributed by atoms with Crippen molar-refractivity contribution >= 4 is 16.8 Å². The molecule has 2 unspecified atom stereocenters. The molecule has 2 bridgehead atoms. The summed E-state index contributed by atoms with van der Waals surface area (Å²) >= 11 is 0. The second kappa shape index (κ2) is 18.5.